The summed E-state index contributed by atoms with van der Waals surface area (Å²) in [5.41, 5.74) is 0.327. The molecule has 7 heteroatoms. The molecule has 2 saturated carbocycles. The van der Waals surface area contributed by atoms with Crippen LogP contribution in [-0.2, 0) is 4.79 Å². The molecule has 4 rings (SSSR count). The Morgan fingerprint density at radius 3 is 2.59 bits per heavy atom. The van der Waals surface area contributed by atoms with Crippen LogP contribution in [0.25, 0.3) is 5.69 Å². The van der Waals surface area contributed by atoms with Gasteiger partial charge in [0.05, 0.1) is 17.5 Å². The summed E-state index contributed by atoms with van der Waals surface area (Å²) < 4.78 is 1.95. The van der Waals surface area contributed by atoms with Gasteiger partial charge < -0.3 is 5.32 Å². The van der Waals surface area contributed by atoms with E-state index in [4.69, 9.17) is 10.1 Å². The van der Waals surface area contributed by atoms with Crippen LogP contribution in [0.4, 0.5) is 0 Å². The highest BCUT2D eigenvalue weighted by Crippen LogP contribution is 2.34. The van der Waals surface area contributed by atoms with E-state index in [9.17, 15) is 10.1 Å². The maximum atomic E-state index is 12.5. The SMILES string of the molecule is N#CC1(NC(=O)CSc2nc(C3CCCCC3)n(-c3ccccc3)n2)CCCC1. The lowest BCUT2D eigenvalue weighted by molar-refractivity contribution is -0.119. The van der Waals surface area contributed by atoms with Crippen LogP contribution in [0.1, 0.15) is 69.5 Å². The highest BCUT2D eigenvalue weighted by molar-refractivity contribution is 7.99. The van der Waals surface area contributed by atoms with Gasteiger partial charge in [0.1, 0.15) is 11.4 Å². The molecule has 0 unspecified atom stereocenters. The van der Waals surface area contributed by atoms with Crippen LogP contribution >= 0.6 is 11.8 Å². The third-order valence-corrected chi connectivity index (χ3v) is 6.80. The highest BCUT2D eigenvalue weighted by Gasteiger charge is 2.35. The Labute approximate surface area is 176 Å². The van der Waals surface area contributed by atoms with Crippen LogP contribution in [-0.4, -0.2) is 32.0 Å². The van der Waals surface area contributed by atoms with Gasteiger partial charge in [-0.2, -0.15) is 5.26 Å². The van der Waals surface area contributed by atoms with Crippen LogP contribution < -0.4 is 5.32 Å². The number of amides is 1. The summed E-state index contributed by atoms with van der Waals surface area (Å²) in [5.74, 6) is 1.53. The molecule has 1 aromatic heterocycles. The first kappa shape index (κ1) is 20.0. The first-order valence-electron chi connectivity index (χ1n) is 10.6. The Morgan fingerprint density at radius 2 is 1.90 bits per heavy atom. The quantitative estimate of drug-likeness (QED) is 0.717. The Hall–Kier alpha value is -2.33. The van der Waals surface area contributed by atoms with E-state index < -0.39 is 5.54 Å². The molecule has 29 heavy (non-hydrogen) atoms. The third kappa shape index (κ3) is 4.64. The lowest BCUT2D eigenvalue weighted by atomic mass is 9.88. The zero-order valence-electron chi connectivity index (χ0n) is 16.6. The summed E-state index contributed by atoms with van der Waals surface area (Å²) in [7, 11) is 0. The molecule has 152 valence electrons. The van der Waals surface area contributed by atoms with Crippen molar-refractivity contribution in [3.63, 3.8) is 0 Å². The van der Waals surface area contributed by atoms with Crippen molar-refractivity contribution < 1.29 is 4.79 Å². The van der Waals surface area contributed by atoms with Gasteiger partial charge in [-0.05, 0) is 50.7 Å². The first-order valence-corrected chi connectivity index (χ1v) is 11.6. The van der Waals surface area contributed by atoms with Crippen LogP contribution in [0.5, 0.6) is 0 Å². The molecule has 0 bridgehead atoms. The van der Waals surface area contributed by atoms with E-state index in [2.05, 4.69) is 11.4 Å². The van der Waals surface area contributed by atoms with Crippen molar-refractivity contribution >= 4 is 17.7 Å². The van der Waals surface area contributed by atoms with Crippen molar-refractivity contribution in [3.8, 4) is 11.8 Å². The van der Waals surface area contributed by atoms with Gasteiger partial charge >= 0.3 is 0 Å². The number of thioether (sulfide) groups is 1. The Bertz CT molecular complexity index is 876. The zero-order valence-corrected chi connectivity index (χ0v) is 17.5. The fourth-order valence-corrected chi connectivity index (χ4v) is 5.06. The van der Waals surface area contributed by atoms with Crippen molar-refractivity contribution in [1.29, 1.82) is 5.26 Å². The zero-order chi connectivity index (χ0) is 20.1. The lowest BCUT2D eigenvalue weighted by Gasteiger charge is -2.21. The second-order valence-corrected chi connectivity index (χ2v) is 9.02. The monoisotopic (exact) mass is 409 g/mol. The Balaban J connectivity index is 1.48. The summed E-state index contributed by atoms with van der Waals surface area (Å²) in [4.78, 5) is 17.3. The first-order chi connectivity index (χ1) is 14.2. The van der Waals surface area contributed by atoms with Crippen molar-refractivity contribution in [2.24, 2.45) is 0 Å². The van der Waals surface area contributed by atoms with Crippen LogP contribution in [0.2, 0.25) is 0 Å². The molecule has 2 aliphatic rings. The number of nitriles is 1. The molecule has 0 saturated heterocycles. The molecule has 2 fully saturated rings. The summed E-state index contributed by atoms with van der Waals surface area (Å²) in [6.07, 6.45) is 9.50. The maximum Gasteiger partial charge on any atom is 0.231 e. The second-order valence-electron chi connectivity index (χ2n) is 8.07. The second kappa shape index (κ2) is 9.00. The summed E-state index contributed by atoms with van der Waals surface area (Å²) in [5, 5.41) is 17.8. The van der Waals surface area contributed by atoms with Crippen molar-refractivity contribution in [1.82, 2.24) is 20.1 Å². The summed E-state index contributed by atoms with van der Waals surface area (Å²) in [6, 6.07) is 12.4. The van der Waals surface area contributed by atoms with Gasteiger partial charge in [0.25, 0.3) is 0 Å². The molecule has 1 aromatic carbocycles. The normalized spacial score (nSPS) is 19.0. The number of carbonyl (C=O) groups excluding carboxylic acids is 1. The number of rotatable bonds is 6. The molecule has 0 atom stereocenters. The minimum absolute atomic E-state index is 0.117. The number of aromatic nitrogens is 3. The van der Waals surface area contributed by atoms with E-state index in [0.29, 0.717) is 11.1 Å². The van der Waals surface area contributed by atoms with E-state index >= 15 is 0 Å². The Kier molecular flexibility index (Phi) is 6.19. The van der Waals surface area contributed by atoms with Gasteiger partial charge in [0, 0.05) is 5.92 Å². The topological polar surface area (TPSA) is 83.6 Å². The van der Waals surface area contributed by atoms with Crippen molar-refractivity contribution in [2.45, 2.75) is 74.4 Å². The lowest BCUT2D eigenvalue weighted by Crippen LogP contribution is -2.45. The van der Waals surface area contributed by atoms with Crippen molar-refractivity contribution in [3.05, 3.63) is 36.2 Å². The smallest absolute Gasteiger partial charge is 0.231 e. The molecule has 0 spiro atoms. The van der Waals surface area contributed by atoms with Gasteiger partial charge in [0.2, 0.25) is 11.1 Å². The summed E-state index contributed by atoms with van der Waals surface area (Å²) in [6.45, 7) is 0. The third-order valence-electron chi connectivity index (χ3n) is 5.97. The number of hydrogen-bond donors (Lipinski definition) is 1. The molecule has 2 aromatic rings. The van der Waals surface area contributed by atoms with Crippen LogP contribution in [0, 0.1) is 11.3 Å². The number of carbonyl (C=O) groups is 1. The minimum Gasteiger partial charge on any atom is -0.337 e. The largest absolute Gasteiger partial charge is 0.337 e. The van der Waals surface area contributed by atoms with Gasteiger partial charge in [-0.1, -0.05) is 49.2 Å². The van der Waals surface area contributed by atoms with Gasteiger partial charge in [-0.15, -0.1) is 5.10 Å². The molecule has 2 aliphatic carbocycles. The number of nitrogens with one attached hydrogen (secondary N) is 1. The molecule has 0 radical (unpaired) electrons. The number of para-hydroxylation sites is 1. The van der Waals surface area contributed by atoms with Gasteiger partial charge in [-0.25, -0.2) is 9.67 Å². The molecule has 0 aliphatic heterocycles. The molecule has 1 amide bonds. The fourth-order valence-electron chi connectivity index (χ4n) is 4.43. The molecular weight excluding hydrogens is 382 g/mol. The molecule has 1 heterocycles. The summed E-state index contributed by atoms with van der Waals surface area (Å²) >= 11 is 1.35. The Morgan fingerprint density at radius 1 is 1.17 bits per heavy atom. The molecule has 6 nitrogen and oxygen atoms in total. The average molecular weight is 410 g/mol. The number of benzene rings is 1. The number of nitrogens with zero attached hydrogens (tertiary/aromatic N) is 4. The van der Waals surface area contributed by atoms with E-state index in [1.54, 1.807) is 0 Å². The minimum atomic E-state index is -0.679. The molecule has 1 N–H and O–H groups in total. The van der Waals surface area contributed by atoms with Gasteiger partial charge in [-0.3, -0.25) is 4.79 Å². The predicted octanol–water partition coefficient (Wildman–Crippen LogP) is 4.36. The number of hydrogen-bond acceptors (Lipinski definition) is 5. The molecular formula is C22H27N5OS. The van der Waals surface area contributed by atoms with Crippen molar-refractivity contribution in [2.75, 3.05) is 5.75 Å². The highest BCUT2D eigenvalue weighted by atomic mass is 32.2. The van der Waals surface area contributed by atoms with E-state index in [-0.39, 0.29) is 11.7 Å². The predicted molar refractivity (Wildman–Crippen MR) is 113 cm³/mol. The van der Waals surface area contributed by atoms with E-state index in [1.165, 1.54) is 31.0 Å². The van der Waals surface area contributed by atoms with Crippen LogP contribution in [0.15, 0.2) is 35.5 Å². The van der Waals surface area contributed by atoms with E-state index in [1.807, 2.05) is 35.0 Å². The fraction of sp³-hybridized carbons (Fsp3) is 0.545. The standard InChI is InChI=1S/C22H27N5OS/c23-16-22(13-7-8-14-22)25-19(28)15-29-21-24-20(17-9-3-1-4-10-17)27(26-21)18-11-5-2-6-12-18/h2,5-6,11-12,17H,1,3-4,7-10,13-15H2,(H,25,28). The average Bonchev–Trinajstić information content (AvgIpc) is 3.41. The van der Waals surface area contributed by atoms with E-state index in [0.717, 1.165) is 50.0 Å². The maximum absolute atomic E-state index is 12.5. The van der Waals surface area contributed by atoms with Gasteiger partial charge in [0.15, 0.2) is 0 Å². The van der Waals surface area contributed by atoms with Crippen LogP contribution in [0.3, 0.4) is 0 Å².